The van der Waals surface area contributed by atoms with Gasteiger partial charge in [0, 0.05) is 25.0 Å². The molecule has 0 spiro atoms. The van der Waals surface area contributed by atoms with E-state index < -0.39 is 19.9 Å². The van der Waals surface area contributed by atoms with E-state index in [0.29, 0.717) is 5.69 Å². The monoisotopic (exact) mass is 709 g/mol. The molecule has 0 heterocycles. The van der Waals surface area contributed by atoms with Crippen molar-refractivity contribution < 1.29 is 16.8 Å². The van der Waals surface area contributed by atoms with Gasteiger partial charge in [0.15, 0.2) is 9.84 Å². The van der Waals surface area contributed by atoms with Crippen molar-refractivity contribution in [3.63, 3.8) is 0 Å². The van der Waals surface area contributed by atoms with Gasteiger partial charge in [0.1, 0.15) is 0 Å². The zero-order valence-electron chi connectivity index (χ0n) is 31.3. The molecule has 7 nitrogen and oxygen atoms in total. The summed E-state index contributed by atoms with van der Waals surface area (Å²) < 4.78 is 58.2. The summed E-state index contributed by atoms with van der Waals surface area (Å²) in [6.07, 6.45) is 15.1. The highest BCUT2D eigenvalue weighted by Gasteiger charge is 2.28. The number of anilines is 1. The molecule has 0 amide bonds. The van der Waals surface area contributed by atoms with Gasteiger partial charge in [-0.1, -0.05) is 106 Å². The molecular formula is C40H59N3O4S2. The summed E-state index contributed by atoms with van der Waals surface area (Å²) in [5.74, 6) is 0.132. The Bertz CT molecular complexity index is 1710. The van der Waals surface area contributed by atoms with Gasteiger partial charge < -0.3 is 4.90 Å². The van der Waals surface area contributed by atoms with E-state index in [0.717, 1.165) is 54.6 Å². The van der Waals surface area contributed by atoms with E-state index in [4.69, 9.17) is 0 Å². The Morgan fingerprint density at radius 2 is 1.22 bits per heavy atom. The summed E-state index contributed by atoms with van der Waals surface area (Å²) in [5.41, 5.74) is 4.57. The summed E-state index contributed by atoms with van der Waals surface area (Å²) in [7, 11) is -7.94. The van der Waals surface area contributed by atoms with Gasteiger partial charge in [-0.2, -0.15) is 12.8 Å². The lowest BCUT2D eigenvalue weighted by Crippen LogP contribution is -2.25. The van der Waals surface area contributed by atoms with Gasteiger partial charge in [-0.25, -0.2) is 13.4 Å². The van der Waals surface area contributed by atoms with Crippen molar-refractivity contribution in [2.75, 3.05) is 24.2 Å². The minimum atomic E-state index is -4.18. The van der Waals surface area contributed by atoms with Crippen molar-refractivity contribution in [2.45, 2.75) is 129 Å². The second kappa shape index (κ2) is 18.3. The molecule has 0 saturated carbocycles. The van der Waals surface area contributed by atoms with Crippen LogP contribution in [0.2, 0.25) is 0 Å². The lowest BCUT2D eigenvalue weighted by atomic mass is 9.89. The van der Waals surface area contributed by atoms with Gasteiger partial charge in [-0.3, -0.25) is 0 Å². The first-order chi connectivity index (χ1) is 23.1. The van der Waals surface area contributed by atoms with Crippen LogP contribution in [0.15, 0.2) is 73.8 Å². The summed E-state index contributed by atoms with van der Waals surface area (Å²) in [6, 6.07) is 11.9. The fourth-order valence-electron chi connectivity index (χ4n) is 6.03. The van der Waals surface area contributed by atoms with Crippen molar-refractivity contribution in [1.29, 1.82) is 0 Å². The highest BCUT2D eigenvalue weighted by Crippen LogP contribution is 2.36. The minimum Gasteiger partial charge on any atom is -0.372 e. The molecule has 1 aliphatic carbocycles. The molecule has 0 N–H and O–H groups in total. The first-order valence-electron chi connectivity index (χ1n) is 18.2. The summed E-state index contributed by atoms with van der Waals surface area (Å²) in [6.45, 7) is 18.6. The molecule has 270 valence electrons. The number of hydrogen-bond acceptors (Lipinski definition) is 6. The number of rotatable bonds is 18. The summed E-state index contributed by atoms with van der Waals surface area (Å²) in [5, 5.41) is 0. The Labute approximate surface area is 297 Å². The van der Waals surface area contributed by atoms with Gasteiger partial charge in [0.05, 0.1) is 26.9 Å². The summed E-state index contributed by atoms with van der Waals surface area (Å²) >= 11 is 0. The van der Waals surface area contributed by atoms with E-state index in [1.807, 2.05) is 52.0 Å². The van der Waals surface area contributed by atoms with Crippen LogP contribution in [-0.2, 0) is 19.9 Å². The second-order valence-electron chi connectivity index (χ2n) is 14.2. The molecule has 1 aliphatic rings. The second-order valence-corrected chi connectivity index (χ2v) is 17.7. The van der Waals surface area contributed by atoms with Crippen LogP contribution in [-0.4, -0.2) is 47.6 Å². The third kappa shape index (κ3) is 11.5. The first-order valence-corrected chi connectivity index (χ1v) is 21.5. The Balaban J connectivity index is 1.98. The Hall–Kier alpha value is -3.04. The van der Waals surface area contributed by atoms with E-state index in [1.165, 1.54) is 50.7 Å². The number of unbranched alkanes of at least 4 members (excludes halogenated alkanes) is 6. The topological polar surface area (TPSA) is 96.2 Å². The summed E-state index contributed by atoms with van der Waals surface area (Å²) in [4.78, 5) is 7.28. The predicted octanol–water partition coefficient (Wildman–Crippen LogP) is 10.4. The van der Waals surface area contributed by atoms with Crippen LogP contribution >= 0.6 is 0 Å². The lowest BCUT2D eigenvalue weighted by molar-refractivity contribution is 0.592. The SMILES string of the molecule is CCCCCCN(CCCCCC)c1ccc(N=C2C=CC(=NS(=O)(=O)c3c(C(C)C)cc(C(C)C)cc3C(C)C)C=C2S(C)(=O)=O)cc1. The van der Waals surface area contributed by atoms with Crippen LogP contribution in [0.4, 0.5) is 11.4 Å². The third-order valence-electron chi connectivity index (χ3n) is 8.93. The maximum absolute atomic E-state index is 14.0. The van der Waals surface area contributed by atoms with Crippen LogP contribution in [0.25, 0.3) is 0 Å². The van der Waals surface area contributed by atoms with Crippen molar-refractivity contribution in [2.24, 2.45) is 9.39 Å². The van der Waals surface area contributed by atoms with Crippen LogP contribution in [0.1, 0.15) is 141 Å². The third-order valence-corrected chi connectivity index (χ3v) is 11.5. The quantitative estimate of drug-likeness (QED) is 0.113. The van der Waals surface area contributed by atoms with Crippen molar-refractivity contribution in [1.82, 2.24) is 0 Å². The Morgan fingerprint density at radius 3 is 1.67 bits per heavy atom. The molecule has 0 bridgehead atoms. The highest BCUT2D eigenvalue weighted by atomic mass is 32.2. The molecule has 0 atom stereocenters. The van der Waals surface area contributed by atoms with Crippen LogP contribution < -0.4 is 4.90 Å². The fourth-order valence-corrected chi connectivity index (χ4v) is 8.52. The predicted molar refractivity (Wildman–Crippen MR) is 209 cm³/mol. The van der Waals surface area contributed by atoms with Gasteiger partial charge in [-0.15, -0.1) is 0 Å². The van der Waals surface area contributed by atoms with E-state index in [-0.39, 0.29) is 39.0 Å². The van der Waals surface area contributed by atoms with Crippen molar-refractivity contribution in [3.05, 3.63) is 76.2 Å². The number of benzene rings is 2. The maximum atomic E-state index is 14.0. The van der Waals surface area contributed by atoms with Crippen LogP contribution in [0.3, 0.4) is 0 Å². The zero-order valence-corrected chi connectivity index (χ0v) is 32.9. The van der Waals surface area contributed by atoms with Gasteiger partial charge in [-0.05, 0) is 89.8 Å². The number of nitrogens with zero attached hydrogens (tertiary/aromatic N) is 3. The number of allylic oxidation sites excluding steroid dienone is 4. The van der Waals surface area contributed by atoms with Gasteiger partial charge in [0.2, 0.25) is 0 Å². The molecule has 49 heavy (non-hydrogen) atoms. The van der Waals surface area contributed by atoms with E-state index in [2.05, 4.69) is 54.1 Å². The lowest BCUT2D eigenvalue weighted by Gasteiger charge is -2.25. The van der Waals surface area contributed by atoms with Crippen LogP contribution in [0.5, 0.6) is 0 Å². The average molecular weight is 710 g/mol. The maximum Gasteiger partial charge on any atom is 0.283 e. The van der Waals surface area contributed by atoms with Crippen LogP contribution in [0, 0.1) is 0 Å². The zero-order chi connectivity index (χ0) is 36.4. The largest absolute Gasteiger partial charge is 0.372 e. The van der Waals surface area contributed by atoms with E-state index in [9.17, 15) is 16.8 Å². The normalized spacial score (nSPS) is 15.6. The van der Waals surface area contributed by atoms with Gasteiger partial charge >= 0.3 is 0 Å². The molecule has 9 heteroatoms. The number of hydrogen-bond donors (Lipinski definition) is 0. The number of sulfone groups is 1. The molecule has 0 aromatic heterocycles. The average Bonchev–Trinajstić information content (AvgIpc) is 3.03. The smallest absolute Gasteiger partial charge is 0.283 e. The fraction of sp³-hybridized carbons (Fsp3) is 0.550. The molecule has 0 aliphatic heterocycles. The molecular weight excluding hydrogens is 651 g/mol. The minimum absolute atomic E-state index is 0.0499. The molecule has 0 radical (unpaired) electrons. The molecule has 0 fully saturated rings. The first kappa shape index (κ1) is 40.4. The Morgan fingerprint density at radius 1 is 0.694 bits per heavy atom. The molecule has 2 aromatic carbocycles. The molecule has 0 saturated heterocycles. The molecule has 0 unspecified atom stereocenters. The number of sulfonamides is 1. The van der Waals surface area contributed by atoms with E-state index >= 15 is 0 Å². The highest BCUT2D eigenvalue weighted by molar-refractivity contribution is 7.95. The molecule has 2 aromatic rings. The van der Waals surface area contributed by atoms with Crippen molar-refractivity contribution >= 4 is 42.7 Å². The number of aliphatic imine (C=N–C) groups is 1. The standard InChI is InChI=1S/C40H59N3O4S2/c1-10-12-14-16-24-43(25-17-15-13-11-2)35-21-18-33(19-22-35)41-38-23-20-34(28-39(38)48(9,44)45)42-49(46,47)40-36(30(5)6)26-32(29(3)4)27-37(40)31(7)8/h18-23,26-31H,10-17,24-25H2,1-9H3. The molecule has 3 rings (SSSR count). The van der Waals surface area contributed by atoms with E-state index in [1.54, 1.807) is 6.08 Å². The Kier molecular flexibility index (Phi) is 15.1. The van der Waals surface area contributed by atoms with Crippen molar-refractivity contribution in [3.8, 4) is 0 Å². The van der Waals surface area contributed by atoms with Gasteiger partial charge in [0.25, 0.3) is 10.0 Å².